The molecule has 2 aromatic carbocycles. The van der Waals surface area contributed by atoms with Crippen LogP contribution in [0.5, 0.6) is 0 Å². The van der Waals surface area contributed by atoms with Crippen LogP contribution in [0.3, 0.4) is 0 Å². The van der Waals surface area contributed by atoms with Gasteiger partial charge in [-0.25, -0.2) is 0 Å². The summed E-state index contributed by atoms with van der Waals surface area (Å²) >= 11 is 0. The van der Waals surface area contributed by atoms with Crippen LogP contribution in [-0.4, -0.2) is 11.7 Å². The van der Waals surface area contributed by atoms with Crippen LogP contribution in [0.2, 0.25) is 0 Å². The number of benzene rings is 2. The lowest BCUT2D eigenvalue weighted by atomic mass is 9.90. The second-order valence-electron chi connectivity index (χ2n) is 5.03. The third-order valence-corrected chi connectivity index (χ3v) is 3.41. The van der Waals surface area contributed by atoms with E-state index in [1.165, 1.54) is 16.3 Å². The van der Waals surface area contributed by atoms with Gasteiger partial charge in [-0.1, -0.05) is 56.3 Å². The van der Waals surface area contributed by atoms with E-state index in [4.69, 9.17) is 5.11 Å². The second kappa shape index (κ2) is 5.33. The molecular formula is C16H20O. The van der Waals surface area contributed by atoms with Crippen LogP contribution in [0, 0.1) is 5.92 Å². The van der Waals surface area contributed by atoms with Crippen molar-refractivity contribution in [1.82, 2.24) is 0 Å². The number of hydrogen-bond donors (Lipinski definition) is 1. The maximum Gasteiger partial charge on any atom is 0.0456 e. The molecule has 0 aliphatic heterocycles. The highest BCUT2D eigenvalue weighted by atomic mass is 16.3. The Morgan fingerprint density at radius 2 is 1.71 bits per heavy atom. The molecule has 0 heterocycles. The van der Waals surface area contributed by atoms with Crippen LogP contribution in [0.1, 0.15) is 31.7 Å². The van der Waals surface area contributed by atoms with Gasteiger partial charge in [0.25, 0.3) is 0 Å². The molecule has 0 spiro atoms. The lowest BCUT2D eigenvalue weighted by Crippen LogP contribution is -2.05. The number of hydrogen-bond acceptors (Lipinski definition) is 1. The fraction of sp³-hybridized carbons (Fsp3) is 0.375. The van der Waals surface area contributed by atoms with Crippen molar-refractivity contribution in [1.29, 1.82) is 0 Å². The van der Waals surface area contributed by atoms with Gasteiger partial charge in [0.05, 0.1) is 0 Å². The molecule has 0 amide bonds. The van der Waals surface area contributed by atoms with E-state index in [2.05, 4.69) is 56.3 Å². The molecule has 90 valence electrons. The molecule has 0 aliphatic rings. The van der Waals surface area contributed by atoms with Crippen LogP contribution in [0.4, 0.5) is 0 Å². The van der Waals surface area contributed by atoms with Crippen LogP contribution in [-0.2, 0) is 0 Å². The van der Waals surface area contributed by atoms with Gasteiger partial charge >= 0.3 is 0 Å². The molecule has 1 heteroatoms. The van der Waals surface area contributed by atoms with Crippen molar-refractivity contribution in [2.75, 3.05) is 6.61 Å². The smallest absolute Gasteiger partial charge is 0.0456 e. The zero-order valence-electron chi connectivity index (χ0n) is 10.6. The number of rotatable bonds is 4. The Morgan fingerprint density at radius 3 is 2.41 bits per heavy atom. The van der Waals surface area contributed by atoms with Crippen molar-refractivity contribution in [2.45, 2.75) is 26.2 Å². The molecule has 2 atom stereocenters. The normalized spacial score (nSPS) is 14.8. The summed E-state index contributed by atoms with van der Waals surface area (Å²) < 4.78 is 0. The van der Waals surface area contributed by atoms with Crippen LogP contribution >= 0.6 is 0 Å². The minimum Gasteiger partial charge on any atom is -0.396 e. The summed E-state index contributed by atoms with van der Waals surface area (Å²) in [5.41, 5.74) is 1.36. The molecule has 0 saturated carbocycles. The van der Waals surface area contributed by atoms with Crippen molar-refractivity contribution in [2.24, 2.45) is 5.92 Å². The first-order valence-electron chi connectivity index (χ1n) is 6.30. The van der Waals surface area contributed by atoms with Crippen molar-refractivity contribution in [3.05, 3.63) is 48.0 Å². The maximum absolute atomic E-state index is 9.10. The molecule has 1 N–H and O–H groups in total. The SMILES string of the molecule is C[C@@H](CO)C[C@H](C)c1ccc2ccccc2c1. The fourth-order valence-electron chi connectivity index (χ4n) is 2.33. The minimum absolute atomic E-state index is 0.276. The predicted octanol–water partition coefficient (Wildman–Crippen LogP) is 3.96. The van der Waals surface area contributed by atoms with Gasteiger partial charge in [-0.2, -0.15) is 0 Å². The van der Waals surface area contributed by atoms with E-state index in [1.54, 1.807) is 0 Å². The lowest BCUT2D eigenvalue weighted by molar-refractivity contribution is 0.225. The molecular weight excluding hydrogens is 208 g/mol. The van der Waals surface area contributed by atoms with Crippen LogP contribution in [0.25, 0.3) is 10.8 Å². The van der Waals surface area contributed by atoms with E-state index in [0.29, 0.717) is 11.8 Å². The van der Waals surface area contributed by atoms with Gasteiger partial charge in [-0.15, -0.1) is 0 Å². The number of aliphatic hydroxyl groups excluding tert-OH is 1. The summed E-state index contributed by atoms with van der Waals surface area (Å²) in [6.45, 7) is 4.60. The van der Waals surface area contributed by atoms with Crippen LogP contribution < -0.4 is 0 Å². The van der Waals surface area contributed by atoms with E-state index >= 15 is 0 Å². The molecule has 0 fully saturated rings. The van der Waals surface area contributed by atoms with Crippen LogP contribution in [0.15, 0.2) is 42.5 Å². The van der Waals surface area contributed by atoms with E-state index in [9.17, 15) is 0 Å². The molecule has 0 unspecified atom stereocenters. The third-order valence-electron chi connectivity index (χ3n) is 3.41. The van der Waals surface area contributed by atoms with Crippen molar-refractivity contribution in [3.8, 4) is 0 Å². The first kappa shape index (κ1) is 12.1. The van der Waals surface area contributed by atoms with E-state index < -0.39 is 0 Å². The molecule has 2 aromatic rings. The predicted molar refractivity (Wildman–Crippen MR) is 73.2 cm³/mol. The van der Waals surface area contributed by atoms with Crippen molar-refractivity contribution >= 4 is 10.8 Å². The van der Waals surface area contributed by atoms with Gasteiger partial charge in [-0.05, 0) is 34.6 Å². The quantitative estimate of drug-likeness (QED) is 0.839. The highest BCUT2D eigenvalue weighted by Gasteiger charge is 2.10. The summed E-state index contributed by atoms with van der Waals surface area (Å²) in [5, 5.41) is 11.7. The van der Waals surface area contributed by atoms with Gasteiger partial charge in [-0.3, -0.25) is 0 Å². The second-order valence-corrected chi connectivity index (χ2v) is 5.03. The van der Waals surface area contributed by atoms with Gasteiger partial charge in [0.15, 0.2) is 0 Å². The van der Waals surface area contributed by atoms with Crippen molar-refractivity contribution < 1.29 is 5.11 Å². The topological polar surface area (TPSA) is 20.2 Å². The summed E-state index contributed by atoms with van der Waals surface area (Å²) in [6.07, 6.45) is 1.04. The Labute approximate surface area is 103 Å². The third kappa shape index (κ3) is 2.86. The van der Waals surface area contributed by atoms with Crippen molar-refractivity contribution in [3.63, 3.8) is 0 Å². The average Bonchev–Trinajstić information content (AvgIpc) is 2.38. The molecule has 0 saturated heterocycles. The minimum atomic E-state index is 0.276. The highest BCUT2D eigenvalue weighted by molar-refractivity contribution is 5.83. The van der Waals surface area contributed by atoms with Gasteiger partial charge < -0.3 is 5.11 Å². The molecule has 2 rings (SSSR count). The van der Waals surface area contributed by atoms with E-state index in [0.717, 1.165) is 6.42 Å². The lowest BCUT2D eigenvalue weighted by Gasteiger charge is -2.16. The van der Waals surface area contributed by atoms with Gasteiger partial charge in [0.2, 0.25) is 0 Å². The Bertz CT molecular complexity index is 490. The molecule has 17 heavy (non-hydrogen) atoms. The Kier molecular flexibility index (Phi) is 3.80. The average molecular weight is 228 g/mol. The molecule has 0 aromatic heterocycles. The van der Waals surface area contributed by atoms with Gasteiger partial charge in [0.1, 0.15) is 0 Å². The summed E-state index contributed by atoms with van der Waals surface area (Å²) in [7, 11) is 0. The number of fused-ring (bicyclic) bond motifs is 1. The Morgan fingerprint density at radius 1 is 1.00 bits per heavy atom. The molecule has 0 aliphatic carbocycles. The fourth-order valence-corrected chi connectivity index (χ4v) is 2.33. The first-order chi connectivity index (χ1) is 8.20. The molecule has 0 radical (unpaired) electrons. The van der Waals surface area contributed by atoms with E-state index in [1.807, 2.05) is 0 Å². The zero-order valence-corrected chi connectivity index (χ0v) is 10.6. The number of aliphatic hydroxyl groups is 1. The largest absolute Gasteiger partial charge is 0.396 e. The summed E-state index contributed by atoms with van der Waals surface area (Å²) in [6, 6.07) is 15.1. The molecule has 1 nitrogen and oxygen atoms in total. The Balaban J connectivity index is 2.23. The van der Waals surface area contributed by atoms with E-state index in [-0.39, 0.29) is 6.61 Å². The highest BCUT2D eigenvalue weighted by Crippen LogP contribution is 2.26. The maximum atomic E-state index is 9.10. The standard InChI is InChI=1S/C16H20O/c1-12(11-17)9-13(2)15-8-7-14-5-3-4-6-16(14)10-15/h3-8,10,12-13,17H,9,11H2,1-2H3/t12-,13+/m1/s1. The first-order valence-corrected chi connectivity index (χ1v) is 6.30. The summed E-state index contributed by atoms with van der Waals surface area (Å²) in [5.74, 6) is 0.873. The van der Waals surface area contributed by atoms with Gasteiger partial charge in [0, 0.05) is 6.61 Å². The monoisotopic (exact) mass is 228 g/mol. The summed E-state index contributed by atoms with van der Waals surface area (Å²) in [4.78, 5) is 0. The Hall–Kier alpha value is -1.34. The zero-order chi connectivity index (χ0) is 12.3. The molecule has 0 bridgehead atoms.